The second kappa shape index (κ2) is 5.63. The fourth-order valence-corrected chi connectivity index (χ4v) is 3.18. The lowest BCUT2D eigenvalue weighted by molar-refractivity contribution is 0.0621. The molecule has 1 aromatic carbocycles. The molecule has 1 aliphatic heterocycles. The number of carbonyl (C=O) groups excluding carboxylic acids is 1. The topological polar surface area (TPSA) is 56.0 Å². The van der Waals surface area contributed by atoms with Gasteiger partial charge >= 0.3 is 0 Å². The van der Waals surface area contributed by atoms with Crippen LogP contribution in [0.4, 0.5) is 0 Å². The van der Waals surface area contributed by atoms with E-state index in [4.69, 9.17) is 0 Å². The van der Waals surface area contributed by atoms with Crippen molar-refractivity contribution in [3.63, 3.8) is 0 Å². The summed E-state index contributed by atoms with van der Waals surface area (Å²) >= 11 is 0. The molecule has 3 heterocycles. The minimum Gasteiger partial charge on any atom is -0.347 e. The molecule has 122 valence electrons. The van der Waals surface area contributed by atoms with Crippen molar-refractivity contribution in [1.82, 2.24) is 24.2 Å². The van der Waals surface area contributed by atoms with Crippen LogP contribution < -0.4 is 0 Å². The third kappa shape index (κ3) is 2.31. The van der Waals surface area contributed by atoms with Crippen molar-refractivity contribution in [2.75, 3.05) is 6.54 Å². The summed E-state index contributed by atoms with van der Waals surface area (Å²) in [6.07, 6.45) is 1.89. The van der Waals surface area contributed by atoms with Gasteiger partial charge in [0.25, 0.3) is 5.91 Å². The Kier molecular flexibility index (Phi) is 3.45. The molecule has 0 bridgehead atoms. The number of nitrogens with zero attached hydrogens (tertiary/aromatic N) is 5. The lowest BCUT2D eigenvalue weighted by Crippen LogP contribution is -2.42. The fourth-order valence-electron chi connectivity index (χ4n) is 3.18. The highest BCUT2D eigenvalue weighted by molar-refractivity contribution is 5.93. The van der Waals surface area contributed by atoms with Crippen LogP contribution in [-0.2, 0) is 13.6 Å². The van der Waals surface area contributed by atoms with Gasteiger partial charge in [-0.2, -0.15) is 5.10 Å². The molecule has 1 amide bonds. The van der Waals surface area contributed by atoms with E-state index in [0.29, 0.717) is 24.6 Å². The van der Waals surface area contributed by atoms with Crippen LogP contribution in [0.2, 0.25) is 0 Å². The smallest absolute Gasteiger partial charge is 0.271 e. The van der Waals surface area contributed by atoms with Crippen LogP contribution in [0.3, 0.4) is 0 Å². The third-order valence-electron chi connectivity index (χ3n) is 4.55. The molecule has 0 N–H and O–H groups in total. The molecule has 0 radical (unpaired) electrons. The van der Waals surface area contributed by atoms with Gasteiger partial charge in [-0.3, -0.25) is 4.79 Å². The summed E-state index contributed by atoms with van der Waals surface area (Å²) in [5.74, 6) is 1.58. The molecular weight excluding hydrogens is 302 g/mol. The Morgan fingerprint density at radius 1 is 1.12 bits per heavy atom. The van der Waals surface area contributed by atoms with Crippen molar-refractivity contribution in [3.05, 3.63) is 60.2 Å². The van der Waals surface area contributed by atoms with Crippen LogP contribution >= 0.6 is 0 Å². The lowest BCUT2D eigenvalue weighted by atomic mass is 10.2. The minimum absolute atomic E-state index is 0.0329. The second-order valence-electron chi connectivity index (χ2n) is 6.06. The molecule has 0 spiro atoms. The maximum absolute atomic E-state index is 12.8. The summed E-state index contributed by atoms with van der Waals surface area (Å²) in [6.45, 7) is 3.31. The van der Waals surface area contributed by atoms with Gasteiger partial charge in [0.2, 0.25) is 0 Å². The monoisotopic (exact) mass is 321 g/mol. The highest BCUT2D eigenvalue weighted by atomic mass is 16.2. The summed E-state index contributed by atoms with van der Waals surface area (Å²) in [5.41, 5.74) is 1.69. The zero-order valence-electron chi connectivity index (χ0n) is 13.8. The molecule has 1 atom stereocenters. The van der Waals surface area contributed by atoms with Crippen LogP contribution in [0.25, 0.3) is 11.4 Å². The first-order valence-corrected chi connectivity index (χ1v) is 8.07. The summed E-state index contributed by atoms with van der Waals surface area (Å²) in [4.78, 5) is 19.4. The molecule has 4 rings (SSSR count). The summed E-state index contributed by atoms with van der Waals surface area (Å²) in [7, 11) is 1.89. The predicted molar refractivity (Wildman–Crippen MR) is 90.3 cm³/mol. The molecule has 3 aromatic rings. The summed E-state index contributed by atoms with van der Waals surface area (Å²) in [6, 6.07) is 13.6. The Morgan fingerprint density at radius 2 is 1.92 bits per heavy atom. The predicted octanol–water partition coefficient (Wildman–Crippen LogP) is 2.50. The first-order valence-electron chi connectivity index (χ1n) is 8.07. The van der Waals surface area contributed by atoms with Crippen molar-refractivity contribution in [1.29, 1.82) is 0 Å². The van der Waals surface area contributed by atoms with Crippen molar-refractivity contribution >= 4 is 5.91 Å². The highest BCUT2D eigenvalue weighted by Gasteiger charge is 2.32. The highest BCUT2D eigenvalue weighted by Crippen LogP contribution is 2.27. The molecule has 2 aromatic heterocycles. The van der Waals surface area contributed by atoms with Gasteiger partial charge in [-0.15, -0.1) is 0 Å². The Morgan fingerprint density at radius 3 is 2.62 bits per heavy atom. The van der Waals surface area contributed by atoms with E-state index in [1.54, 1.807) is 0 Å². The van der Waals surface area contributed by atoms with Crippen molar-refractivity contribution < 1.29 is 4.79 Å². The zero-order valence-corrected chi connectivity index (χ0v) is 13.8. The van der Waals surface area contributed by atoms with Gasteiger partial charge in [0.1, 0.15) is 11.5 Å². The number of carbonyl (C=O) groups is 1. The number of hydrogen-bond donors (Lipinski definition) is 0. The molecule has 0 fully saturated rings. The van der Waals surface area contributed by atoms with Crippen LogP contribution in [0.15, 0.2) is 48.7 Å². The molecule has 0 unspecified atom stereocenters. The van der Waals surface area contributed by atoms with Crippen LogP contribution in [0.1, 0.15) is 29.3 Å². The van der Waals surface area contributed by atoms with Gasteiger partial charge in [0.15, 0.2) is 5.82 Å². The van der Waals surface area contributed by atoms with Crippen LogP contribution in [-0.4, -0.2) is 36.7 Å². The maximum Gasteiger partial charge on any atom is 0.271 e. The standard InChI is InChI=1S/C18H19N5O/c1-13-17-19-16(14-7-4-3-5-8-14)20-23(17)12-11-22(13)18(24)15-9-6-10-21(15)2/h3-10,13H,11-12H2,1-2H3/t13-/m0/s1. The minimum atomic E-state index is -0.105. The largest absolute Gasteiger partial charge is 0.347 e. The molecule has 24 heavy (non-hydrogen) atoms. The first-order chi connectivity index (χ1) is 11.6. The Bertz CT molecular complexity index is 880. The van der Waals surface area contributed by atoms with E-state index < -0.39 is 0 Å². The Hall–Kier alpha value is -2.89. The third-order valence-corrected chi connectivity index (χ3v) is 4.55. The first kappa shape index (κ1) is 14.7. The van der Waals surface area contributed by atoms with Gasteiger partial charge in [-0.25, -0.2) is 9.67 Å². The number of amides is 1. The Labute approximate surface area is 140 Å². The number of hydrogen-bond acceptors (Lipinski definition) is 3. The zero-order chi connectivity index (χ0) is 16.7. The molecule has 6 heteroatoms. The molecule has 1 aliphatic rings. The number of benzene rings is 1. The quantitative estimate of drug-likeness (QED) is 0.729. The van der Waals surface area contributed by atoms with E-state index >= 15 is 0 Å². The number of fused-ring (bicyclic) bond motifs is 1. The van der Waals surface area contributed by atoms with E-state index in [1.165, 1.54) is 0 Å². The summed E-state index contributed by atoms with van der Waals surface area (Å²) < 4.78 is 3.77. The molecule has 0 saturated carbocycles. The number of rotatable bonds is 2. The van der Waals surface area contributed by atoms with E-state index in [1.807, 2.05) is 76.8 Å². The van der Waals surface area contributed by atoms with E-state index in [2.05, 4.69) is 10.1 Å². The van der Waals surface area contributed by atoms with E-state index in [9.17, 15) is 4.79 Å². The normalized spacial score (nSPS) is 16.9. The average molecular weight is 321 g/mol. The molecular formula is C18H19N5O. The van der Waals surface area contributed by atoms with Crippen LogP contribution in [0.5, 0.6) is 0 Å². The second-order valence-corrected chi connectivity index (χ2v) is 6.06. The Balaban J connectivity index is 1.65. The van der Waals surface area contributed by atoms with Crippen LogP contribution in [0, 0.1) is 0 Å². The van der Waals surface area contributed by atoms with Gasteiger partial charge in [0, 0.05) is 25.4 Å². The maximum atomic E-state index is 12.8. The average Bonchev–Trinajstić information content (AvgIpc) is 3.22. The SMILES string of the molecule is C[C@H]1c2nc(-c3ccccc3)nn2CCN1C(=O)c1cccn1C. The number of aryl methyl sites for hydroxylation is 1. The van der Waals surface area contributed by atoms with Gasteiger partial charge in [0.05, 0.1) is 12.6 Å². The van der Waals surface area contributed by atoms with Crippen molar-refractivity contribution in [2.45, 2.75) is 19.5 Å². The van der Waals surface area contributed by atoms with Crippen molar-refractivity contribution in [3.8, 4) is 11.4 Å². The molecule has 0 saturated heterocycles. The van der Waals surface area contributed by atoms with Gasteiger partial charge in [-0.05, 0) is 19.1 Å². The fraction of sp³-hybridized carbons (Fsp3) is 0.278. The molecule has 6 nitrogen and oxygen atoms in total. The molecule has 0 aliphatic carbocycles. The summed E-state index contributed by atoms with van der Waals surface area (Å²) in [5, 5.41) is 4.61. The lowest BCUT2D eigenvalue weighted by Gasteiger charge is -2.32. The van der Waals surface area contributed by atoms with E-state index in [-0.39, 0.29) is 11.9 Å². The van der Waals surface area contributed by atoms with Crippen molar-refractivity contribution in [2.24, 2.45) is 7.05 Å². The van der Waals surface area contributed by atoms with Gasteiger partial charge in [-0.1, -0.05) is 30.3 Å². The number of aromatic nitrogens is 4. The van der Waals surface area contributed by atoms with Gasteiger partial charge < -0.3 is 9.47 Å². The van der Waals surface area contributed by atoms with E-state index in [0.717, 1.165) is 11.4 Å².